The molecule has 0 bridgehead atoms. The van der Waals surface area contributed by atoms with E-state index in [0.29, 0.717) is 12.2 Å². The van der Waals surface area contributed by atoms with Crippen LogP contribution in [0.15, 0.2) is 30.3 Å². The van der Waals surface area contributed by atoms with Crippen molar-refractivity contribution in [2.45, 2.75) is 13.2 Å². The monoisotopic (exact) mass is 452 g/mol. The average molecular weight is 454 g/mol. The van der Waals surface area contributed by atoms with Crippen molar-refractivity contribution in [3.05, 3.63) is 51.0 Å². The molecule has 0 aromatic heterocycles. The Morgan fingerprint density at radius 1 is 1.11 bits per heavy atom. The van der Waals surface area contributed by atoms with Crippen molar-refractivity contribution < 1.29 is 23.0 Å². The molecule has 0 spiro atoms. The summed E-state index contributed by atoms with van der Waals surface area (Å²) in [4.78, 5) is 14.0. The third kappa shape index (κ3) is 6.38. The van der Waals surface area contributed by atoms with Gasteiger partial charge >= 0.3 is 6.61 Å². The van der Waals surface area contributed by atoms with Crippen LogP contribution in [0.4, 0.5) is 14.5 Å². The van der Waals surface area contributed by atoms with Gasteiger partial charge in [0.25, 0.3) is 0 Å². The number of carbonyl (C=O) groups excluding carboxylic acids is 1. The summed E-state index contributed by atoms with van der Waals surface area (Å²) in [6, 6.07) is 7.49. The van der Waals surface area contributed by atoms with E-state index < -0.39 is 6.61 Å². The third-order valence-corrected chi connectivity index (χ3v) is 4.63. The molecule has 0 fully saturated rings. The van der Waals surface area contributed by atoms with Gasteiger partial charge in [0.1, 0.15) is 0 Å². The van der Waals surface area contributed by atoms with Crippen LogP contribution in [0.5, 0.6) is 11.5 Å². The molecule has 0 aliphatic carbocycles. The second-order valence-electron chi connectivity index (χ2n) is 5.83. The van der Waals surface area contributed by atoms with Gasteiger partial charge in [-0.3, -0.25) is 9.69 Å². The topological polar surface area (TPSA) is 50.8 Å². The Labute approximate surface area is 176 Å². The number of carbonyl (C=O) groups is 1. The smallest absolute Gasteiger partial charge is 0.387 e. The minimum Gasteiger partial charge on any atom is -0.493 e. The number of ether oxygens (including phenoxy) is 2. The highest BCUT2D eigenvalue weighted by atomic mass is 35.5. The number of alkyl halides is 2. The van der Waals surface area contributed by atoms with Gasteiger partial charge in [0.15, 0.2) is 11.5 Å². The number of methoxy groups -OCH3 is 1. The number of likely N-dealkylation sites (N-methyl/N-ethyl adjacent to an activating group) is 1. The van der Waals surface area contributed by atoms with Crippen LogP contribution in [0.2, 0.25) is 15.1 Å². The number of hydrogen-bond donors (Lipinski definition) is 1. The molecule has 0 unspecified atom stereocenters. The largest absolute Gasteiger partial charge is 0.493 e. The van der Waals surface area contributed by atoms with Gasteiger partial charge in [0, 0.05) is 6.54 Å². The fourth-order valence-electron chi connectivity index (χ4n) is 2.42. The molecule has 0 heterocycles. The zero-order valence-corrected chi connectivity index (χ0v) is 17.2. The SMILES string of the molecule is COc1cc(CN(C)CC(=O)Nc2cc(Cl)c(Cl)cc2Cl)ccc1OC(F)F. The Hall–Kier alpha value is -1.80. The lowest BCUT2D eigenvalue weighted by Gasteiger charge is -2.18. The van der Waals surface area contributed by atoms with Crippen LogP contribution in [-0.2, 0) is 11.3 Å². The number of nitrogens with one attached hydrogen (secondary N) is 1. The van der Waals surface area contributed by atoms with Crippen LogP contribution in [-0.4, -0.2) is 38.1 Å². The van der Waals surface area contributed by atoms with Crippen LogP contribution in [0.1, 0.15) is 5.56 Å². The maximum Gasteiger partial charge on any atom is 0.387 e. The van der Waals surface area contributed by atoms with Crippen LogP contribution >= 0.6 is 34.8 Å². The molecule has 28 heavy (non-hydrogen) atoms. The Bertz CT molecular complexity index is 853. The number of benzene rings is 2. The van der Waals surface area contributed by atoms with Gasteiger partial charge in [-0.15, -0.1) is 0 Å². The normalized spacial score (nSPS) is 11.0. The van der Waals surface area contributed by atoms with Crippen LogP contribution in [0, 0.1) is 0 Å². The molecule has 1 amide bonds. The lowest BCUT2D eigenvalue weighted by Crippen LogP contribution is -2.29. The lowest BCUT2D eigenvalue weighted by atomic mass is 10.2. The van der Waals surface area contributed by atoms with Crippen molar-refractivity contribution in [3.63, 3.8) is 0 Å². The Morgan fingerprint density at radius 2 is 1.79 bits per heavy atom. The van der Waals surface area contributed by atoms with Crippen molar-refractivity contribution in [2.24, 2.45) is 0 Å². The van der Waals surface area contributed by atoms with Crippen LogP contribution in [0.3, 0.4) is 0 Å². The van der Waals surface area contributed by atoms with E-state index in [-0.39, 0.29) is 39.0 Å². The second-order valence-corrected chi connectivity index (χ2v) is 7.05. The van der Waals surface area contributed by atoms with Gasteiger partial charge in [-0.05, 0) is 36.9 Å². The summed E-state index contributed by atoms with van der Waals surface area (Å²) < 4.78 is 34.2. The van der Waals surface area contributed by atoms with Crippen molar-refractivity contribution >= 4 is 46.4 Å². The minimum atomic E-state index is -2.95. The van der Waals surface area contributed by atoms with Gasteiger partial charge in [0.05, 0.1) is 34.4 Å². The number of hydrogen-bond acceptors (Lipinski definition) is 4. The Morgan fingerprint density at radius 3 is 2.43 bits per heavy atom. The summed E-state index contributed by atoms with van der Waals surface area (Å²) >= 11 is 17.8. The molecular weight excluding hydrogens is 437 g/mol. The van der Waals surface area contributed by atoms with Gasteiger partial charge in [0.2, 0.25) is 5.91 Å². The van der Waals surface area contributed by atoms with E-state index in [0.717, 1.165) is 5.56 Å². The molecule has 0 aliphatic heterocycles. The highest BCUT2D eigenvalue weighted by molar-refractivity contribution is 6.44. The van der Waals surface area contributed by atoms with Crippen molar-refractivity contribution in [1.29, 1.82) is 0 Å². The van der Waals surface area contributed by atoms with E-state index in [2.05, 4.69) is 10.1 Å². The highest BCUT2D eigenvalue weighted by Gasteiger charge is 2.14. The molecule has 10 heteroatoms. The maximum absolute atomic E-state index is 12.4. The molecule has 0 saturated carbocycles. The van der Waals surface area contributed by atoms with Crippen molar-refractivity contribution in [3.8, 4) is 11.5 Å². The van der Waals surface area contributed by atoms with Gasteiger partial charge in [-0.1, -0.05) is 40.9 Å². The minimum absolute atomic E-state index is 0.0498. The van der Waals surface area contributed by atoms with E-state index in [9.17, 15) is 13.6 Å². The molecular formula is C18H17Cl3F2N2O3. The van der Waals surface area contributed by atoms with E-state index in [1.165, 1.54) is 25.3 Å². The number of halogens is 5. The number of nitrogens with zero attached hydrogens (tertiary/aromatic N) is 1. The maximum atomic E-state index is 12.4. The van der Waals surface area contributed by atoms with E-state index in [1.807, 2.05) is 0 Å². The molecule has 2 aromatic rings. The van der Waals surface area contributed by atoms with Gasteiger partial charge in [-0.2, -0.15) is 8.78 Å². The molecule has 1 N–H and O–H groups in total. The predicted octanol–water partition coefficient (Wildman–Crippen LogP) is 5.33. The number of anilines is 1. The number of amides is 1. The molecule has 5 nitrogen and oxygen atoms in total. The zero-order valence-electron chi connectivity index (χ0n) is 14.9. The molecule has 0 radical (unpaired) electrons. The van der Waals surface area contributed by atoms with Crippen LogP contribution in [0.25, 0.3) is 0 Å². The van der Waals surface area contributed by atoms with Gasteiger partial charge in [-0.25, -0.2) is 0 Å². The van der Waals surface area contributed by atoms with Gasteiger partial charge < -0.3 is 14.8 Å². The molecule has 2 aromatic carbocycles. The molecule has 0 atom stereocenters. The second kappa shape index (κ2) is 10.1. The first-order valence-electron chi connectivity index (χ1n) is 7.94. The summed E-state index contributed by atoms with van der Waals surface area (Å²) in [5.74, 6) is -0.193. The summed E-state index contributed by atoms with van der Waals surface area (Å²) in [6.45, 7) is -2.53. The zero-order chi connectivity index (χ0) is 20.8. The lowest BCUT2D eigenvalue weighted by molar-refractivity contribution is -0.117. The first-order chi connectivity index (χ1) is 13.2. The van der Waals surface area contributed by atoms with Crippen LogP contribution < -0.4 is 14.8 Å². The number of rotatable bonds is 8. The average Bonchev–Trinajstić information content (AvgIpc) is 2.60. The Kier molecular flexibility index (Phi) is 8.12. The standard InChI is InChI=1S/C18H17Cl3F2N2O3/c1-25(8-10-3-4-15(28-18(22)23)16(5-10)27-2)9-17(26)24-14-7-12(20)11(19)6-13(14)21/h3-7,18H,8-9H2,1-2H3,(H,24,26). The van der Waals surface area contributed by atoms with Crippen molar-refractivity contribution in [2.75, 3.05) is 26.0 Å². The summed E-state index contributed by atoms with van der Waals surface area (Å²) in [7, 11) is 3.08. The van der Waals surface area contributed by atoms with E-state index in [1.54, 1.807) is 24.1 Å². The Balaban J connectivity index is 1.99. The first kappa shape index (κ1) is 22.5. The first-order valence-corrected chi connectivity index (χ1v) is 9.07. The molecule has 2 rings (SSSR count). The highest BCUT2D eigenvalue weighted by Crippen LogP contribution is 2.32. The van der Waals surface area contributed by atoms with E-state index >= 15 is 0 Å². The van der Waals surface area contributed by atoms with Crippen molar-refractivity contribution in [1.82, 2.24) is 4.90 Å². The summed E-state index contributed by atoms with van der Waals surface area (Å²) in [6.07, 6.45) is 0. The third-order valence-electron chi connectivity index (χ3n) is 3.59. The quantitative estimate of drug-likeness (QED) is 0.549. The summed E-state index contributed by atoms with van der Waals surface area (Å²) in [5, 5.41) is 3.49. The molecule has 152 valence electrons. The predicted molar refractivity (Wildman–Crippen MR) is 106 cm³/mol. The fourth-order valence-corrected chi connectivity index (χ4v) is 3.02. The molecule has 0 saturated heterocycles. The summed E-state index contributed by atoms with van der Waals surface area (Å²) in [5.41, 5.74) is 1.10. The fraction of sp³-hybridized carbons (Fsp3) is 0.278. The molecule has 0 aliphatic rings. The van der Waals surface area contributed by atoms with E-state index in [4.69, 9.17) is 39.5 Å².